The van der Waals surface area contributed by atoms with E-state index in [1.807, 2.05) is 53.3 Å². The Hall–Kier alpha value is -2.60. The van der Waals surface area contributed by atoms with E-state index in [1.165, 1.54) is 18.4 Å². The van der Waals surface area contributed by atoms with Gasteiger partial charge >= 0.3 is 6.09 Å². The Morgan fingerprint density at radius 2 is 1.91 bits per heavy atom. The quantitative estimate of drug-likeness (QED) is 0.350. The van der Waals surface area contributed by atoms with Crippen LogP contribution in [0.2, 0.25) is 0 Å². The predicted octanol–water partition coefficient (Wildman–Crippen LogP) is 7.00. The summed E-state index contributed by atoms with van der Waals surface area (Å²) in [5, 5.41) is 0. The molecule has 6 heteroatoms. The van der Waals surface area contributed by atoms with Crippen molar-refractivity contribution in [3.63, 3.8) is 0 Å². The van der Waals surface area contributed by atoms with Crippen LogP contribution in [-0.4, -0.2) is 59.7 Å². The van der Waals surface area contributed by atoms with Crippen LogP contribution in [0.1, 0.15) is 78.2 Å². The topological polar surface area (TPSA) is 59.1 Å². The zero-order valence-electron chi connectivity index (χ0n) is 26.8. The number of carbonyl (C=O) groups is 2. The lowest BCUT2D eigenvalue weighted by molar-refractivity contribution is -0.125. The summed E-state index contributed by atoms with van der Waals surface area (Å²) in [6, 6.07) is 10.0. The normalized spacial score (nSPS) is 42.2. The van der Waals surface area contributed by atoms with Gasteiger partial charge in [-0.3, -0.25) is 4.79 Å². The Balaban J connectivity index is 1.12. The number of nitrogens with zero attached hydrogens (tertiary/aromatic N) is 2. The Labute approximate surface area is 257 Å². The van der Waals surface area contributed by atoms with Gasteiger partial charge in [0.05, 0.1) is 17.7 Å². The molecule has 1 spiro atoms. The van der Waals surface area contributed by atoms with Gasteiger partial charge in [-0.15, -0.1) is 0 Å². The third-order valence-corrected chi connectivity index (χ3v) is 12.9. The molecular weight excluding hydrogens is 536 g/mol. The first-order chi connectivity index (χ1) is 20.6. The molecule has 0 N–H and O–H groups in total. The number of ether oxygens (including phenoxy) is 2. The van der Waals surface area contributed by atoms with Crippen LogP contribution in [0.25, 0.3) is 0 Å². The molecule has 1 aromatic rings. The van der Waals surface area contributed by atoms with E-state index < -0.39 is 0 Å². The van der Waals surface area contributed by atoms with Gasteiger partial charge in [0.25, 0.3) is 0 Å². The maximum atomic E-state index is 13.5. The maximum Gasteiger partial charge on any atom is 0.410 e. The Morgan fingerprint density at radius 1 is 1.12 bits per heavy atom. The van der Waals surface area contributed by atoms with Crippen LogP contribution in [0.5, 0.6) is 0 Å². The van der Waals surface area contributed by atoms with Crippen LogP contribution in [0.3, 0.4) is 0 Å². The number of allylic oxidation sites excluding steroid dienone is 2. The fourth-order valence-corrected chi connectivity index (χ4v) is 10.6. The minimum Gasteiger partial charge on any atom is -0.445 e. The van der Waals surface area contributed by atoms with Gasteiger partial charge in [0.15, 0.2) is 0 Å². The lowest BCUT2D eigenvalue weighted by Crippen LogP contribution is -2.54. The molecule has 2 saturated carbocycles. The van der Waals surface area contributed by atoms with Crippen LogP contribution in [0.4, 0.5) is 4.79 Å². The number of hydrogen-bond acceptors (Lipinski definition) is 4. The standard InChI is InChI=1S/C37H50N2O4/c1-23-17-32-34(39(20-23)35(41)42-22-26-9-7-6-8-10-26)25(3)37(43-32)16-13-28-29-12-11-27-21-38(5)33(40)14-15-36(27,4)31(29)18-30(28)24(2)19-37/h6-10,14-15,23,25,27-29,31-32,34H,11-13,16-22H2,1-5H3/t23-,25+,27+,28-,29-,31-,32+,34-,36-,37-/m0/s1. The number of amides is 2. The van der Waals surface area contributed by atoms with Crippen molar-refractivity contribution in [2.24, 2.45) is 40.9 Å². The average Bonchev–Trinajstić information content (AvgIpc) is 3.41. The van der Waals surface area contributed by atoms with Crippen LogP contribution < -0.4 is 0 Å². The third kappa shape index (κ3) is 4.78. The second-order valence-electron chi connectivity index (χ2n) is 15.3. The molecule has 6 aliphatic rings. The monoisotopic (exact) mass is 586 g/mol. The van der Waals surface area contributed by atoms with Crippen molar-refractivity contribution in [1.29, 1.82) is 0 Å². The summed E-state index contributed by atoms with van der Waals surface area (Å²) in [6.07, 6.45) is 11.8. The Bertz CT molecular complexity index is 1320. The van der Waals surface area contributed by atoms with Crippen molar-refractivity contribution in [1.82, 2.24) is 9.80 Å². The molecule has 10 atom stereocenters. The number of fused-ring (bicyclic) bond motifs is 6. The molecule has 0 radical (unpaired) electrons. The number of likely N-dealkylation sites (N-methyl/N-ethyl adjacent to an activating group) is 1. The van der Waals surface area contributed by atoms with E-state index in [4.69, 9.17) is 9.47 Å². The summed E-state index contributed by atoms with van der Waals surface area (Å²) < 4.78 is 13.1. The minimum atomic E-state index is -0.229. The first-order valence-electron chi connectivity index (χ1n) is 16.9. The van der Waals surface area contributed by atoms with Crippen LogP contribution >= 0.6 is 0 Å². The van der Waals surface area contributed by atoms with Gasteiger partial charge in [-0.25, -0.2) is 4.79 Å². The molecule has 0 unspecified atom stereocenters. The number of benzene rings is 1. The minimum absolute atomic E-state index is 0.0583. The Kier molecular flexibility index (Phi) is 7.31. The molecular formula is C37H50N2O4. The van der Waals surface area contributed by atoms with Crippen molar-refractivity contribution < 1.29 is 19.1 Å². The highest BCUT2D eigenvalue weighted by Gasteiger charge is 2.60. The average molecular weight is 587 g/mol. The van der Waals surface area contributed by atoms with Crippen LogP contribution in [0, 0.1) is 40.9 Å². The molecule has 3 aliphatic heterocycles. The Morgan fingerprint density at radius 3 is 2.70 bits per heavy atom. The molecule has 1 aromatic carbocycles. The predicted molar refractivity (Wildman–Crippen MR) is 167 cm³/mol. The highest BCUT2D eigenvalue weighted by molar-refractivity contribution is 5.87. The number of hydrogen-bond donors (Lipinski definition) is 0. The number of likely N-dealkylation sites (tertiary alicyclic amines) is 1. The van der Waals surface area contributed by atoms with E-state index in [0.717, 1.165) is 50.8 Å². The van der Waals surface area contributed by atoms with Crippen molar-refractivity contribution >= 4 is 12.0 Å². The molecule has 0 aromatic heterocycles. The maximum absolute atomic E-state index is 13.5. The molecule has 7 rings (SSSR count). The van der Waals surface area contributed by atoms with E-state index in [2.05, 4.69) is 33.8 Å². The largest absolute Gasteiger partial charge is 0.445 e. The number of carbonyl (C=O) groups excluding carboxylic acids is 2. The van der Waals surface area contributed by atoms with Gasteiger partial charge in [-0.05, 0) is 98.5 Å². The highest BCUT2D eigenvalue weighted by atomic mass is 16.6. The van der Waals surface area contributed by atoms with Crippen molar-refractivity contribution in [3.8, 4) is 0 Å². The van der Waals surface area contributed by atoms with E-state index in [1.54, 1.807) is 5.57 Å². The smallest absolute Gasteiger partial charge is 0.410 e. The molecule has 2 amide bonds. The van der Waals surface area contributed by atoms with E-state index >= 15 is 0 Å². The molecule has 232 valence electrons. The molecule has 3 heterocycles. The van der Waals surface area contributed by atoms with Gasteiger partial charge < -0.3 is 19.3 Å². The van der Waals surface area contributed by atoms with Crippen molar-refractivity contribution in [2.75, 3.05) is 20.1 Å². The first kappa shape index (κ1) is 29.1. The zero-order chi connectivity index (χ0) is 30.1. The van der Waals surface area contributed by atoms with Gasteiger partial charge in [-0.2, -0.15) is 0 Å². The van der Waals surface area contributed by atoms with E-state index in [0.29, 0.717) is 36.2 Å². The van der Waals surface area contributed by atoms with E-state index in [-0.39, 0.29) is 41.1 Å². The van der Waals surface area contributed by atoms with E-state index in [9.17, 15) is 9.59 Å². The fourth-order valence-electron chi connectivity index (χ4n) is 10.6. The van der Waals surface area contributed by atoms with Crippen molar-refractivity contribution in [2.45, 2.75) is 97.0 Å². The summed E-state index contributed by atoms with van der Waals surface area (Å²) in [6.45, 7) is 11.3. The molecule has 3 aliphatic carbocycles. The summed E-state index contributed by atoms with van der Waals surface area (Å²) in [5.74, 6) is 3.20. The number of rotatable bonds is 2. The van der Waals surface area contributed by atoms with Crippen molar-refractivity contribution in [3.05, 3.63) is 59.2 Å². The van der Waals surface area contributed by atoms with Gasteiger partial charge in [0.1, 0.15) is 6.61 Å². The summed E-state index contributed by atoms with van der Waals surface area (Å²) in [5.41, 5.74) is 4.07. The lowest BCUT2D eigenvalue weighted by atomic mass is 9.57. The summed E-state index contributed by atoms with van der Waals surface area (Å²) in [7, 11) is 1.96. The number of piperidine rings is 1. The molecule has 2 saturated heterocycles. The zero-order valence-corrected chi connectivity index (χ0v) is 26.8. The van der Waals surface area contributed by atoms with Crippen LogP contribution in [0.15, 0.2) is 53.6 Å². The lowest BCUT2D eigenvalue weighted by Gasteiger charge is -2.48. The second kappa shape index (κ2) is 10.8. The second-order valence-corrected chi connectivity index (χ2v) is 15.3. The van der Waals surface area contributed by atoms with Gasteiger partial charge in [-0.1, -0.05) is 68.3 Å². The highest BCUT2D eigenvalue weighted by Crippen LogP contribution is 2.63. The third-order valence-electron chi connectivity index (χ3n) is 12.9. The summed E-state index contributed by atoms with van der Waals surface area (Å²) in [4.78, 5) is 30.1. The van der Waals surface area contributed by atoms with Crippen LogP contribution in [-0.2, 0) is 20.9 Å². The molecule has 4 fully saturated rings. The molecule has 43 heavy (non-hydrogen) atoms. The SMILES string of the molecule is CC1=C2C[C@H]3[C@@H](CC[C@@H]4CN(C)C(=O)C=C[C@@]43C)[C@@H]2CC[C@@]2(C1)O[C@@H]1C[C@H](C)CN(C(=O)OCc3ccccc3)[C@H]1[C@H]2C. The molecule has 0 bridgehead atoms. The van der Waals surface area contributed by atoms with Gasteiger partial charge in [0.2, 0.25) is 5.91 Å². The molecule has 6 nitrogen and oxygen atoms in total. The first-order valence-corrected chi connectivity index (χ1v) is 16.9. The summed E-state index contributed by atoms with van der Waals surface area (Å²) >= 11 is 0. The fraction of sp³-hybridized carbons (Fsp3) is 0.676. The van der Waals surface area contributed by atoms with Gasteiger partial charge in [0, 0.05) is 26.1 Å².